The molecule has 1 aliphatic rings. The van der Waals surface area contributed by atoms with Crippen LogP contribution in [0.1, 0.15) is 51.6 Å². The maximum Gasteiger partial charge on any atom is 0.0775 e. The third kappa shape index (κ3) is 3.33. The number of nitrogens with zero attached hydrogens (tertiary/aromatic N) is 2. The predicted octanol–water partition coefficient (Wildman–Crippen LogP) is 2.51. The van der Waals surface area contributed by atoms with Crippen molar-refractivity contribution < 1.29 is 4.74 Å². The van der Waals surface area contributed by atoms with Crippen molar-refractivity contribution in [2.24, 2.45) is 0 Å². The van der Waals surface area contributed by atoms with Gasteiger partial charge >= 0.3 is 0 Å². The van der Waals surface area contributed by atoms with Crippen molar-refractivity contribution in [2.45, 2.75) is 64.8 Å². The number of hydrogen-bond acceptors (Lipinski definition) is 3. The lowest BCUT2D eigenvalue weighted by Crippen LogP contribution is -2.20. The topological polar surface area (TPSA) is 39.1 Å². The van der Waals surface area contributed by atoms with Crippen LogP contribution in [0.5, 0.6) is 0 Å². The van der Waals surface area contributed by atoms with Crippen molar-refractivity contribution >= 4 is 0 Å². The Labute approximate surface area is 110 Å². The van der Waals surface area contributed by atoms with E-state index in [4.69, 9.17) is 4.74 Å². The molecule has 3 unspecified atom stereocenters. The highest BCUT2D eigenvalue weighted by Gasteiger charge is 2.22. The second kappa shape index (κ2) is 6.34. The molecule has 1 aromatic heterocycles. The van der Waals surface area contributed by atoms with Crippen LogP contribution in [0.3, 0.4) is 0 Å². The first kappa shape index (κ1) is 13.6. The summed E-state index contributed by atoms with van der Waals surface area (Å²) < 4.78 is 7.86. The summed E-state index contributed by atoms with van der Waals surface area (Å²) in [7, 11) is 0. The standard InChI is InChI=1S/C14H25N3O/c1-4-14(15-5-2)12-8-16-17(9-12)10-13-7-6-11(3)18-13/h8-9,11,13-15H,4-7,10H2,1-3H3. The lowest BCUT2D eigenvalue weighted by molar-refractivity contribution is 0.0437. The summed E-state index contributed by atoms with van der Waals surface area (Å²) >= 11 is 0. The Balaban J connectivity index is 1.92. The molecule has 1 fully saturated rings. The van der Waals surface area contributed by atoms with E-state index in [1.165, 1.54) is 12.0 Å². The number of hydrogen-bond donors (Lipinski definition) is 1. The van der Waals surface area contributed by atoms with Crippen LogP contribution >= 0.6 is 0 Å². The Kier molecular flexibility index (Phi) is 4.78. The molecule has 0 aromatic carbocycles. The summed E-state index contributed by atoms with van der Waals surface area (Å²) in [6, 6.07) is 0.423. The fourth-order valence-corrected chi connectivity index (χ4v) is 2.63. The molecule has 0 saturated carbocycles. The largest absolute Gasteiger partial charge is 0.373 e. The quantitative estimate of drug-likeness (QED) is 0.844. The second-order valence-electron chi connectivity index (χ2n) is 5.16. The van der Waals surface area contributed by atoms with E-state index < -0.39 is 0 Å². The first-order valence-electron chi connectivity index (χ1n) is 7.14. The summed E-state index contributed by atoms with van der Waals surface area (Å²) in [5.74, 6) is 0. The van der Waals surface area contributed by atoms with Crippen LogP contribution in [0.2, 0.25) is 0 Å². The summed E-state index contributed by atoms with van der Waals surface area (Å²) in [6.07, 6.45) is 8.31. The van der Waals surface area contributed by atoms with Crippen molar-refractivity contribution in [3.8, 4) is 0 Å². The average molecular weight is 251 g/mol. The van der Waals surface area contributed by atoms with Crippen LogP contribution in [-0.2, 0) is 11.3 Å². The van der Waals surface area contributed by atoms with Gasteiger partial charge in [-0.2, -0.15) is 5.10 Å². The first-order chi connectivity index (χ1) is 8.72. The Morgan fingerprint density at radius 1 is 1.50 bits per heavy atom. The van der Waals surface area contributed by atoms with Crippen LogP contribution in [0.25, 0.3) is 0 Å². The Morgan fingerprint density at radius 2 is 2.33 bits per heavy atom. The van der Waals surface area contributed by atoms with Gasteiger partial charge in [-0.3, -0.25) is 4.68 Å². The molecule has 1 N–H and O–H groups in total. The predicted molar refractivity (Wildman–Crippen MR) is 72.5 cm³/mol. The smallest absolute Gasteiger partial charge is 0.0775 e. The number of rotatable bonds is 6. The maximum absolute atomic E-state index is 5.83. The normalized spacial score (nSPS) is 25.5. The van der Waals surface area contributed by atoms with E-state index in [1.54, 1.807) is 0 Å². The summed E-state index contributed by atoms with van der Waals surface area (Å²) in [5.41, 5.74) is 1.28. The van der Waals surface area contributed by atoms with Gasteiger partial charge in [-0.05, 0) is 32.7 Å². The summed E-state index contributed by atoms with van der Waals surface area (Å²) in [4.78, 5) is 0. The van der Waals surface area contributed by atoms with E-state index in [0.717, 1.165) is 25.9 Å². The highest BCUT2D eigenvalue weighted by atomic mass is 16.5. The first-order valence-corrected chi connectivity index (χ1v) is 7.14. The second-order valence-corrected chi connectivity index (χ2v) is 5.16. The molecule has 4 nitrogen and oxygen atoms in total. The van der Waals surface area contributed by atoms with E-state index in [2.05, 4.69) is 37.4 Å². The molecular formula is C14H25N3O. The Morgan fingerprint density at radius 3 is 2.94 bits per heavy atom. The van der Waals surface area contributed by atoms with Gasteiger partial charge in [0.05, 0.1) is 24.9 Å². The van der Waals surface area contributed by atoms with Gasteiger partial charge in [0.2, 0.25) is 0 Å². The minimum absolute atomic E-state index is 0.340. The molecular weight excluding hydrogens is 226 g/mol. The van der Waals surface area contributed by atoms with E-state index in [1.807, 2.05) is 10.9 Å². The zero-order valence-electron chi connectivity index (χ0n) is 11.7. The number of nitrogens with one attached hydrogen (secondary N) is 1. The molecule has 1 aromatic rings. The van der Waals surface area contributed by atoms with Gasteiger partial charge in [0.25, 0.3) is 0 Å². The van der Waals surface area contributed by atoms with E-state index >= 15 is 0 Å². The molecule has 0 bridgehead atoms. The molecule has 2 rings (SSSR count). The highest BCUT2D eigenvalue weighted by molar-refractivity contribution is 5.10. The highest BCUT2D eigenvalue weighted by Crippen LogP contribution is 2.21. The van der Waals surface area contributed by atoms with Gasteiger partial charge < -0.3 is 10.1 Å². The maximum atomic E-state index is 5.83. The van der Waals surface area contributed by atoms with Gasteiger partial charge in [-0.15, -0.1) is 0 Å². The van der Waals surface area contributed by atoms with Gasteiger partial charge in [-0.1, -0.05) is 13.8 Å². The third-order valence-electron chi connectivity index (χ3n) is 3.62. The SMILES string of the molecule is CCNC(CC)c1cnn(CC2CCC(C)O2)c1. The van der Waals surface area contributed by atoms with Crippen molar-refractivity contribution in [1.29, 1.82) is 0 Å². The lowest BCUT2D eigenvalue weighted by atomic mass is 10.1. The molecule has 2 heterocycles. The number of aromatic nitrogens is 2. The van der Waals surface area contributed by atoms with Gasteiger partial charge in [0.15, 0.2) is 0 Å². The third-order valence-corrected chi connectivity index (χ3v) is 3.62. The fraction of sp³-hybridized carbons (Fsp3) is 0.786. The van der Waals surface area contributed by atoms with E-state index in [9.17, 15) is 0 Å². The van der Waals surface area contributed by atoms with Crippen molar-refractivity contribution in [1.82, 2.24) is 15.1 Å². The lowest BCUT2D eigenvalue weighted by Gasteiger charge is -2.13. The summed E-state index contributed by atoms with van der Waals surface area (Å²) in [6.45, 7) is 8.36. The zero-order chi connectivity index (χ0) is 13.0. The van der Waals surface area contributed by atoms with Crippen LogP contribution in [-0.4, -0.2) is 28.5 Å². The summed E-state index contributed by atoms with van der Waals surface area (Å²) in [5, 5.41) is 7.93. The molecule has 0 spiro atoms. The molecule has 1 saturated heterocycles. The van der Waals surface area contributed by atoms with Crippen LogP contribution < -0.4 is 5.32 Å². The minimum Gasteiger partial charge on any atom is -0.373 e. The van der Waals surface area contributed by atoms with Crippen LogP contribution in [0, 0.1) is 0 Å². The molecule has 0 radical (unpaired) electrons. The molecule has 3 atom stereocenters. The molecule has 102 valence electrons. The Hall–Kier alpha value is -0.870. The molecule has 0 amide bonds. The zero-order valence-corrected chi connectivity index (χ0v) is 11.7. The van der Waals surface area contributed by atoms with Gasteiger partial charge in [-0.25, -0.2) is 0 Å². The fourth-order valence-electron chi connectivity index (χ4n) is 2.63. The van der Waals surface area contributed by atoms with Crippen molar-refractivity contribution in [3.05, 3.63) is 18.0 Å². The Bertz CT molecular complexity index is 364. The average Bonchev–Trinajstić information content (AvgIpc) is 2.96. The van der Waals surface area contributed by atoms with Crippen molar-refractivity contribution in [3.63, 3.8) is 0 Å². The van der Waals surface area contributed by atoms with Crippen LogP contribution in [0.4, 0.5) is 0 Å². The molecule has 0 aliphatic carbocycles. The molecule has 18 heavy (non-hydrogen) atoms. The van der Waals surface area contributed by atoms with E-state index in [-0.39, 0.29) is 0 Å². The van der Waals surface area contributed by atoms with Crippen molar-refractivity contribution in [2.75, 3.05) is 6.54 Å². The van der Waals surface area contributed by atoms with Crippen LogP contribution in [0.15, 0.2) is 12.4 Å². The minimum atomic E-state index is 0.340. The van der Waals surface area contributed by atoms with Gasteiger partial charge in [0.1, 0.15) is 0 Å². The van der Waals surface area contributed by atoms with E-state index in [0.29, 0.717) is 18.2 Å². The monoisotopic (exact) mass is 251 g/mol. The molecule has 1 aliphatic heterocycles. The number of ether oxygens (including phenoxy) is 1. The molecule has 4 heteroatoms. The van der Waals surface area contributed by atoms with Gasteiger partial charge in [0, 0.05) is 17.8 Å².